The van der Waals surface area contributed by atoms with Gasteiger partial charge in [0.05, 0.1) is 0 Å². The van der Waals surface area contributed by atoms with E-state index >= 15 is 0 Å². The maximum absolute atomic E-state index is 10.4. The minimum Gasteiger partial charge on any atom is -0.368 e. The fourth-order valence-electron chi connectivity index (χ4n) is 2.32. The zero-order valence-electron chi connectivity index (χ0n) is 8.24. The summed E-state index contributed by atoms with van der Waals surface area (Å²) in [6, 6.07) is 0.372. The first-order valence-electron chi connectivity index (χ1n) is 5.13. The number of nitrogens with zero attached hydrogens (tertiary/aromatic N) is 1. The van der Waals surface area contributed by atoms with Crippen LogP contribution in [0, 0.1) is 5.92 Å². The Kier molecular flexibility index (Phi) is 3.00. The zero-order chi connectivity index (χ0) is 9.97. The number of fused-ring (bicyclic) bond motifs is 3. The van der Waals surface area contributed by atoms with Crippen molar-refractivity contribution in [3.05, 3.63) is 0 Å². The Morgan fingerprint density at radius 2 is 2.21 bits per heavy atom. The summed E-state index contributed by atoms with van der Waals surface area (Å²) in [6.45, 7) is 3.41. The molecule has 3 saturated heterocycles. The maximum Gasteiger partial charge on any atom is 0.245 e. The molecule has 0 spiro atoms. The third-order valence-electron chi connectivity index (χ3n) is 3.11. The van der Waals surface area contributed by atoms with Crippen molar-refractivity contribution in [3.63, 3.8) is 0 Å². The predicted molar refractivity (Wildman–Crippen MR) is 51.2 cm³/mol. The van der Waals surface area contributed by atoms with Gasteiger partial charge in [0.15, 0.2) is 0 Å². The number of nitrogens with one attached hydrogen (secondary N) is 1. The summed E-state index contributed by atoms with van der Waals surface area (Å²) in [5.41, 5.74) is 7.91. The van der Waals surface area contributed by atoms with E-state index in [0.717, 1.165) is 6.54 Å². The number of carbonyl (C=O) groups excluding carboxylic acids is 1. The molecule has 3 rings (SSSR count). The fraction of sp³-hybridized carbons (Fsp3) is 0.889. The van der Waals surface area contributed by atoms with Crippen molar-refractivity contribution >= 4 is 5.91 Å². The molecule has 0 saturated carbocycles. The molecule has 14 heavy (non-hydrogen) atoms. The largest absolute Gasteiger partial charge is 0.368 e. The zero-order valence-corrected chi connectivity index (χ0v) is 8.24. The Morgan fingerprint density at radius 1 is 1.50 bits per heavy atom. The molecule has 1 atom stereocenters. The topological polar surface area (TPSA) is 67.6 Å². The molecule has 1 amide bonds. The van der Waals surface area contributed by atoms with E-state index in [1.54, 1.807) is 0 Å². The highest BCUT2D eigenvalue weighted by Gasteiger charge is 2.34. The molecule has 2 bridgehead atoms. The second-order valence-electron chi connectivity index (χ2n) is 4.12. The Balaban J connectivity index is 1.73. The van der Waals surface area contributed by atoms with Crippen LogP contribution in [0.1, 0.15) is 12.8 Å². The number of piperidine rings is 3. The minimum atomic E-state index is -0.432. The van der Waals surface area contributed by atoms with Crippen LogP contribution in [0.3, 0.4) is 0 Å². The average Bonchev–Trinajstić information content (AvgIpc) is 2.19. The fourth-order valence-corrected chi connectivity index (χ4v) is 2.32. The summed E-state index contributed by atoms with van der Waals surface area (Å²) >= 11 is 0. The van der Waals surface area contributed by atoms with E-state index in [9.17, 15) is 4.79 Å². The lowest BCUT2D eigenvalue weighted by Crippen LogP contribution is -2.56. The first kappa shape index (κ1) is 9.89. The molecule has 3 heterocycles. The second-order valence-corrected chi connectivity index (χ2v) is 4.12. The van der Waals surface area contributed by atoms with Gasteiger partial charge in [0, 0.05) is 12.6 Å². The van der Waals surface area contributed by atoms with Crippen molar-refractivity contribution in [3.8, 4) is 0 Å². The van der Waals surface area contributed by atoms with Gasteiger partial charge in [-0.05, 0) is 31.8 Å². The molecule has 0 aromatic rings. The third-order valence-corrected chi connectivity index (χ3v) is 3.11. The molecular weight excluding hydrogens is 182 g/mol. The molecule has 0 aromatic heterocycles. The molecular formula is C9H17N3O2. The number of amides is 1. The molecule has 3 aliphatic heterocycles. The number of primary amides is 1. The van der Waals surface area contributed by atoms with Crippen molar-refractivity contribution in [1.82, 2.24) is 10.4 Å². The van der Waals surface area contributed by atoms with E-state index in [1.165, 1.54) is 25.9 Å². The van der Waals surface area contributed by atoms with Gasteiger partial charge in [-0.25, -0.2) is 0 Å². The molecule has 1 unspecified atom stereocenters. The molecule has 5 nitrogen and oxygen atoms in total. The summed E-state index contributed by atoms with van der Waals surface area (Å²) in [7, 11) is 0. The summed E-state index contributed by atoms with van der Waals surface area (Å²) in [5.74, 6) is 0.270. The van der Waals surface area contributed by atoms with Crippen LogP contribution in [0.2, 0.25) is 0 Å². The highest BCUT2D eigenvalue weighted by Crippen LogP contribution is 2.27. The van der Waals surface area contributed by atoms with Crippen LogP contribution >= 0.6 is 0 Å². The van der Waals surface area contributed by atoms with Gasteiger partial charge in [-0.2, -0.15) is 5.48 Å². The standard InChI is InChI=1S/C9H17N3O2/c10-9(13)6-14-11-8-5-12-3-1-7(8)2-4-12/h7-8,11H,1-6H2,(H2,10,13). The lowest BCUT2D eigenvalue weighted by molar-refractivity contribution is -0.128. The first-order valence-corrected chi connectivity index (χ1v) is 5.13. The van der Waals surface area contributed by atoms with E-state index in [4.69, 9.17) is 10.6 Å². The molecule has 3 aliphatic rings. The summed E-state index contributed by atoms with van der Waals surface area (Å²) < 4.78 is 0. The van der Waals surface area contributed by atoms with Crippen LogP contribution in [0.5, 0.6) is 0 Å². The van der Waals surface area contributed by atoms with Gasteiger partial charge in [-0.15, -0.1) is 0 Å². The van der Waals surface area contributed by atoms with Crippen molar-refractivity contribution in [2.24, 2.45) is 11.7 Å². The first-order chi connectivity index (χ1) is 6.75. The summed E-state index contributed by atoms with van der Waals surface area (Å²) in [4.78, 5) is 17.9. The summed E-state index contributed by atoms with van der Waals surface area (Å²) in [5, 5.41) is 0. The number of nitrogens with two attached hydrogens (primary N) is 1. The van der Waals surface area contributed by atoms with Crippen LogP contribution in [-0.2, 0) is 9.63 Å². The Morgan fingerprint density at radius 3 is 2.71 bits per heavy atom. The van der Waals surface area contributed by atoms with E-state index < -0.39 is 5.91 Å². The predicted octanol–water partition coefficient (Wildman–Crippen LogP) is -0.913. The minimum absolute atomic E-state index is 0.0385. The SMILES string of the molecule is NC(=O)CONC1CN2CCC1CC2. The third kappa shape index (κ3) is 2.23. The van der Waals surface area contributed by atoms with E-state index in [2.05, 4.69) is 10.4 Å². The molecule has 0 radical (unpaired) electrons. The normalized spacial score (nSPS) is 35.9. The lowest BCUT2D eigenvalue weighted by atomic mass is 9.84. The van der Waals surface area contributed by atoms with E-state index in [0.29, 0.717) is 12.0 Å². The molecule has 0 aromatic carbocycles. The van der Waals surface area contributed by atoms with Gasteiger partial charge in [0.2, 0.25) is 5.91 Å². The maximum atomic E-state index is 10.4. The van der Waals surface area contributed by atoms with Gasteiger partial charge in [-0.1, -0.05) is 0 Å². The second kappa shape index (κ2) is 4.25. The molecule has 3 N–H and O–H groups in total. The summed E-state index contributed by atoms with van der Waals surface area (Å²) in [6.07, 6.45) is 2.47. The number of hydroxylamine groups is 1. The van der Waals surface area contributed by atoms with Crippen LogP contribution in [0.4, 0.5) is 0 Å². The number of carbonyl (C=O) groups is 1. The van der Waals surface area contributed by atoms with Gasteiger partial charge in [0.25, 0.3) is 0 Å². The van der Waals surface area contributed by atoms with E-state index in [1.807, 2.05) is 0 Å². The van der Waals surface area contributed by atoms with Crippen LogP contribution < -0.4 is 11.2 Å². The van der Waals surface area contributed by atoms with Crippen molar-refractivity contribution in [1.29, 1.82) is 0 Å². The average molecular weight is 199 g/mol. The highest BCUT2D eigenvalue weighted by molar-refractivity contribution is 5.74. The Bertz CT molecular complexity index is 214. The number of hydrogen-bond acceptors (Lipinski definition) is 4. The van der Waals surface area contributed by atoms with Crippen molar-refractivity contribution in [2.45, 2.75) is 18.9 Å². The van der Waals surface area contributed by atoms with Gasteiger partial charge in [0.1, 0.15) is 6.61 Å². The monoisotopic (exact) mass is 199 g/mol. The highest BCUT2D eigenvalue weighted by atomic mass is 16.6. The molecule has 80 valence electrons. The Labute approximate surface area is 83.5 Å². The van der Waals surface area contributed by atoms with Crippen LogP contribution in [0.25, 0.3) is 0 Å². The van der Waals surface area contributed by atoms with Crippen LogP contribution in [0.15, 0.2) is 0 Å². The Hall–Kier alpha value is -0.650. The van der Waals surface area contributed by atoms with E-state index in [-0.39, 0.29) is 6.61 Å². The van der Waals surface area contributed by atoms with Crippen molar-refractivity contribution < 1.29 is 9.63 Å². The molecule has 5 heteroatoms. The lowest BCUT2D eigenvalue weighted by Gasteiger charge is -2.44. The quantitative estimate of drug-likeness (QED) is 0.575. The molecule has 3 fully saturated rings. The molecule has 0 aliphatic carbocycles. The number of hydrogen-bond donors (Lipinski definition) is 2. The number of rotatable bonds is 4. The van der Waals surface area contributed by atoms with Crippen molar-refractivity contribution in [2.75, 3.05) is 26.2 Å². The smallest absolute Gasteiger partial charge is 0.245 e. The van der Waals surface area contributed by atoms with Gasteiger partial charge >= 0.3 is 0 Å². The van der Waals surface area contributed by atoms with Gasteiger partial charge in [-0.3, -0.25) is 9.63 Å². The van der Waals surface area contributed by atoms with Gasteiger partial charge < -0.3 is 10.6 Å². The van der Waals surface area contributed by atoms with Crippen LogP contribution in [-0.4, -0.2) is 43.1 Å².